The summed E-state index contributed by atoms with van der Waals surface area (Å²) in [5.41, 5.74) is -4.31. The second kappa shape index (κ2) is 9.66. The van der Waals surface area contributed by atoms with E-state index in [2.05, 4.69) is 0 Å². The summed E-state index contributed by atoms with van der Waals surface area (Å²) < 4.78 is 163. The van der Waals surface area contributed by atoms with Crippen molar-refractivity contribution in [2.24, 2.45) is 0 Å². The molecule has 0 spiro atoms. The summed E-state index contributed by atoms with van der Waals surface area (Å²) in [6, 6.07) is 14.5. The number of benzene rings is 4. The Bertz CT molecular complexity index is 1370. The predicted molar refractivity (Wildman–Crippen MR) is 142 cm³/mol. The molecule has 4 aromatic carbocycles. The molecular weight excluding hydrogens is 716 g/mol. The van der Waals surface area contributed by atoms with Gasteiger partial charge in [0.05, 0.1) is 0 Å². The Labute approximate surface area is 236 Å². The molecule has 0 aliphatic carbocycles. The number of halogens is 12. The van der Waals surface area contributed by atoms with Crippen LogP contribution in [0.15, 0.2) is 97.1 Å². The van der Waals surface area contributed by atoms with Crippen LogP contribution in [0.4, 0.5) is 52.7 Å². The number of alkyl halides is 12. The molecule has 0 atom stereocenters. The maximum absolute atomic E-state index is 13.5. The minimum atomic E-state index is -6.37. The van der Waals surface area contributed by atoms with E-state index in [1.54, 1.807) is 0 Å². The fraction of sp³-hybridized carbons (Fsp3) is 0.200. The van der Waals surface area contributed by atoms with Gasteiger partial charge in [0.25, 0.3) is 0 Å². The summed E-state index contributed by atoms with van der Waals surface area (Å²) in [5, 5.41) is 0. The van der Waals surface area contributed by atoms with E-state index in [4.69, 9.17) is 0 Å². The Morgan fingerprint density at radius 1 is 0.302 bits per heavy atom. The second-order valence-corrected chi connectivity index (χ2v) is 31.3. The van der Waals surface area contributed by atoms with E-state index in [9.17, 15) is 52.7 Å². The van der Waals surface area contributed by atoms with Crippen LogP contribution in [-0.2, 0) is 24.7 Å². The zero-order valence-electron chi connectivity index (χ0n) is 22.2. The normalized spacial score (nSPS) is 15.1. The Morgan fingerprint density at radius 2 is 0.442 bits per heavy atom. The van der Waals surface area contributed by atoms with E-state index in [1.165, 1.54) is 9.94 Å². The first-order valence-electron chi connectivity index (χ1n) is 12.2. The van der Waals surface area contributed by atoms with E-state index >= 15 is 0 Å². The van der Waals surface area contributed by atoms with Gasteiger partial charge in [-0.2, -0.15) is 0 Å². The molecule has 0 aliphatic rings. The van der Waals surface area contributed by atoms with Crippen molar-refractivity contribution in [1.82, 2.24) is 0 Å². The first-order chi connectivity index (χ1) is 19.4. The van der Waals surface area contributed by atoms with Crippen LogP contribution < -0.4 is 14.4 Å². The number of hydrogen-bond acceptors (Lipinski definition) is 0. The monoisotopic (exact) mass is 740 g/mol. The molecule has 0 N–H and O–H groups in total. The van der Waals surface area contributed by atoms with Crippen molar-refractivity contribution >= 4 is 29.9 Å². The average molecular weight is 738 g/mol. The molecule has 0 fully saturated rings. The third kappa shape index (κ3) is 5.18. The van der Waals surface area contributed by atoms with E-state index < -0.39 is 62.4 Å². The van der Waals surface area contributed by atoms with Gasteiger partial charge in [-0.1, -0.05) is 0 Å². The van der Waals surface area contributed by atoms with Crippen molar-refractivity contribution in [3.8, 4) is 0 Å². The maximum atomic E-state index is 13.5. The van der Waals surface area contributed by atoms with Crippen molar-refractivity contribution in [3.63, 3.8) is 0 Å². The van der Waals surface area contributed by atoms with Gasteiger partial charge in [-0.3, -0.25) is 0 Å². The van der Waals surface area contributed by atoms with Crippen LogP contribution in [0.25, 0.3) is 0 Å². The third-order valence-corrected chi connectivity index (χ3v) is 30.0. The summed E-state index contributed by atoms with van der Waals surface area (Å²) in [7, 11) is 0. The molecule has 0 amide bonds. The van der Waals surface area contributed by atoms with Crippen LogP contribution in [-0.4, -0.2) is 15.4 Å². The van der Waals surface area contributed by atoms with E-state index in [1.807, 2.05) is 0 Å². The number of rotatable bonds is 4. The van der Waals surface area contributed by atoms with Gasteiger partial charge >= 0.3 is 237 Å². The van der Waals surface area contributed by atoms with E-state index in [-0.39, 0.29) is 14.4 Å². The van der Waals surface area contributed by atoms with Gasteiger partial charge in [0.1, 0.15) is 0 Å². The van der Waals surface area contributed by atoms with Crippen molar-refractivity contribution in [1.29, 1.82) is 0 Å². The van der Waals surface area contributed by atoms with Gasteiger partial charge in [-0.25, -0.2) is 0 Å². The van der Waals surface area contributed by atoms with Crippen LogP contribution >= 0.6 is 0 Å². The van der Waals surface area contributed by atoms with Gasteiger partial charge < -0.3 is 0 Å². The molecule has 0 nitrogen and oxygen atoms in total. The van der Waals surface area contributed by atoms with E-state index in [0.29, 0.717) is 0 Å². The summed E-state index contributed by atoms with van der Waals surface area (Å²) in [6.07, 6.45) is -19.1. The molecule has 232 valence electrons. The second-order valence-electron chi connectivity index (χ2n) is 10.7. The van der Waals surface area contributed by atoms with Crippen LogP contribution in [0.5, 0.6) is 0 Å². The first-order valence-corrected chi connectivity index (χ1v) is 21.5. The van der Waals surface area contributed by atoms with Gasteiger partial charge in [0.2, 0.25) is 0 Å². The van der Waals surface area contributed by atoms with Crippen LogP contribution in [0.1, 0.15) is 22.3 Å². The van der Waals surface area contributed by atoms with Gasteiger partial charge in [0, 0.05) is 0 Å². The molecule has 43 heavy (non-hydrogen) atoms. The Kier molecular flexibility index (Phi) is 7.36. The van der Waals surface area contributed by atoms with Crippen LogP contribution in [0, 0.1) is 0 Å². The summed E-state index contributed by atoms with van der Waals surface area (Å²) in [5.74, 6) is 0. The summed E-state index contributed by atoms with van der Waals surface area (Å²) in [4.78, 5) is 3.08. The average Bonchev–Trinajstić information content (AvgIpc) is 2.92. The van der Waals surface area contributed by atoms with Crippen LogP contribution in [0.2, 0.25) is 9.94 Å². The van der Waals surface area contributed by atoms with Gasteiger partial charge in [0.15, 0.2) is 0 Å². The molecule has 0 bridgehead atoms. The van der Waals surface area contributed by atoms with Gasteiger partial charge in [-0.05, 0) is 0 Å². The zero-order chi connectivity index (χ0) is 32.3. The Hall–Kier alpha value is -3.17. The summed E-state index contributed by atoms with van der Waals surface area (Å²) >= 11 is -6.37. The topological polar surface area (TPSA) is 0 Å². The van der Waals surface area contributed by atoms with Crippen molar-refractivity contribution in [3.05, 3.63) is 119 Å². The molecular formula is C30H22F12Te. The molecule has 4 rings (SSSR count). The molecule has 0 radical (unpaired) electrons. The molecule has 13 heteroatoms. The Balaban J connectivity index is 2.23. The predicted octanol–water partition coefficient (Wildman–Crippen LogP) is 8.31. The fourth-order valence-electron chi connectivity index (χ4n) is 5.30. The third-order valence-electron chi connectivity index (χ3n) is 8.03. The first kappa shape index (κ1) is 32.7. The number of hydrogen-bond donors (Lipinski definition) is 0. The standard InChI is InChI=1S/C30H22F12Te/c1-43(2,23-11-3-19(4-12-23)27(31,32)33,24-13-5-20(6-14-24)28(34,35)36,25-15-7-21(8-16-25)29(37,38)39)26-17-9-22(10-18-26)30(40,41)42/h3-18H,1-2H3. The zero-order valence-corrected chi connectivity index (χ0v) is 24.5. The molecule has 0 aromatic heterocycles. The Morgan fingerprint density at radius 3 is 0.558 bits per heavy atom. The van der Waals surface area contributed by atoms with Crippen LogP contribution in [0.3, 0.4) is 0 Å². The summed E-state index contributed by atoms with van der Waals surface area (Å²) in [6.45, 7) is 0. The molecule has 0 saturated carbocycles. The SMILES string of the molecule is C[Te](C)(c1ccc(C(F)(F)F)cc1)(c1ccc(C(F)(F)F)cc1)(c1ccc(C(F)(F)F)cc1)c1ccc(C(F)(F)F)cc1. The van der Waals surface area contributed by atoms with Crippen molar-refractivity contribution in [2.75, 3.05) is 0 Å². The minimum absolute atomic E-state index is 0.106. The van der Waals surface area contributed by atoms with Gasteiger partial charge in [-0.15, -0.1) is 0 Å². The van der Waals surface area contributed by atoms with E-state index in [0.717, 1.165) is 97.1 Å². The fourth-order valence-corrected chi connectivity index (χ4v) is 22.4. The van der Waals surface area contributed by atoms with Crippen molar-refractivity contribution in [2.45, 2.75) is 34.6 Å². The molecule has 0 aliphatic heterocycles. The van der Waals surface area contributed by atoms with Crippen molar-refractivity contribution < 1.29 is 52.7 Å². The molecule has 0 heterocycles. The molecule has 0 unspecified atom stereocenters. The molecule has 4 aromatic rings. The molecule has 0 saturated heterocycles. The quantitative estimate of drug-likeness (QED) is 0.146.